The molecule has 6 rings (SSSR count). The van der Waals surface area contributed by atoms with E-state index < -0.39 is 0 Å². The molecule has 0 saturated heterocycles. The van der Waals surface area contributed by atoms with Gasteiger partial charge in [0.15, 0.2) is 5.82 Å². The summed E-state index contributed by atoms with van der Waals surface area (Å²) in [5.74, 6) is 1.27. The number of hydrogen-bond donors (Lipinski definition) is 2. The predicted octanol–water partition coefficient (Wildman–Crippen LogP) is 3.87. The van der Waals surface area contributed by atoms with Crippen LogP contribution in [0.3, 0.4) is 0 Å². The summed E-state index contributed by atoms with van der Waals surface area (Å²) in [6.45, 7) is 0.812. The van der Waals surface area contributed by atoms with Gasteiger partial charge >= 0.3 is 0 Å². The molecule has 0 amide bonds. The van der Waals surface area contributed by atoms with Gasteiger partial charge in [-0.25, -0.2) is 15.0 Å². The van der Waals surface area contributed by atoms with Gasteiger partial charge in [-0.1, -0.05) is 17.7 Å². The van der Waals surface area contributed by atoms with Gasteiger partial charge in [-0.3, -0.25) is 0 Å². The second-order valence-corrected chi connectivity index (χ2v) is 8.33. The van der Waals surface area contributed by atoms with Crippen molar-refractivity contribution in [3.8, 4) is 17.0 Å². The molecule has 4 aromatic heterocycles. The lowest BCUT2D eigenvalue weighted by atomic mass is 10.0. The molecule has 1 aliphatic heterocycles. The van der Waals surface area contributed by atoms with Crippen molar-refractivity contribution in [3.63, 3.8) is 0 Å². The molecule has 33 heavy (non-hydrogen) atoms. The molecule has 0 spiro atoms. The van der Waals surface area contributed by atoms with Crippen LogP contribution >= 0.6 is 11.6 Å². The summed E-state index contributed by atoms with van der Waals surface area (Å²) >= 11 is 6.28. The number of rotatable bonds is 5. The molecule has 0 radical (unpaired) electrons. The smallest absolute Gasteiger partial charge is 0.228 e. The summed E-state index contributed by atoms with van der Waals surface area (Å²) in [5, 5.41) is 23.8. The van der Waals surface area contributed by atoms with Crippen molar-refractivity contribution >= 4 is 34.3 Å². The van der Waals surface area contributed by atoms with E-state index in [1.807, 2.05) is 24.3 Å². The number of pyridine rings is 1. The van der Waals surface area contributed by atoms with Crippen molar-refractivity contribution in [3.05, 3.63) is 70.9 Å². The van der Waals surface area contributed by atoms with Crippen LogP contribution in [0.5, 0.6) is 5.75 Å². The fourth-order valence-electron chi connectivity index (χ4n) is 4.44. The number of aromatic nitrogens is 7. The molecule has 5 aromatic rings. The summed E-state index contributed by atoms with van der Waals surface area (Å²) in [5.41, 5.74) is 5.66. The van der Waals surface area contributed by atoms with Crippen LogP contribution in [0.2, 0.25) is 5.15 Å². The van der Waals surface area contributed by atoms with Crippen LogP contribution in [0, 0.1) is 0 Å². The molecule has 2 N–H and O–H groups in total. The number of halogens is 1. The third kappa shape index (κ3) is 3.37. The fraction of sp³-hybridized carbons (Fsp3) is 0.174. The third-order valence-electron chi connectivity index (χ3n) is 5.90. The van der Waals surface area contributed by atoms with Gasteiger partial charge in [-0.05, 0) is 41.8 Å². The van der Waals surface area contributed by atoms with Gasteiger partial charge in [-0.15, -0.1) is 5.10 Å². The Morgan fingerprint density at radius 1 is 1.18 bits per heavy atom. The van der Waals surface area contributed by atoms with E-state index in [0.717, 1.165) is 46.4 Å². The molecular formula is C23H19ClN8O. The zero-order valence-electron chi connectivity index (χ0n) is 17.7. The largest absolute Gasteiger partial charge is 0.505 e. The van der Waals surface area contributed by atoms with Crippen LogP contribution in [-0.4, -0.2) is 39.6 Å². The van der Waals surface area contributed by atoms with Crippen LogP contribution in [0.15, 0.2) is 48.9 Å². The van der Waals surface area contributed by atoms with E-state index in [0.29, 0.717) is 23.3 Å². The van der Waals surface area contributed by atoms with Gasteiger partial charge < -0.3 is 15.0 Å². The van der Waals surface area contributed by atoms with Gasteiger partial charge in [0.2, 0.25) is 5.95 Å². The number of benzene rings is 1. The Hall–Kier alpha value is -3.98. The van der Waals surface area contributed by atoms with Crippen molar-refractivity contribution in [2.45, 2.75) is 19.4 Å². The van der Waals surface area contributed by atoms with Crippen molar-refractivity contribution in [1.29, 1.82) is 0 Å². The molecule has 0 atom stereocenters. The zero-order valence-corrected chi connectivity index (χ0v) is 18.5. The Bertz CT molecular complexity index is 1520. The molecule has 0 unspecified atom stereocenters. The predicted molar refractivity (Wildman–Crippen MR) is 125 cm³/mol. The van der Waals surface area contributed by atoms with E-state index in [4.69, 9.17) is 11.6 Å². The number of aryl methyl sites for hydroxylation is 3. The molecule has 0 saturated carbocycles. The van der Waals surface area contributed by atoms with Crippen LogP contribution in [-0.2, 0) is 26.4 Å². The summed E-state index contributed by atoms with van der Waals surface area (Å²) in [6.07, 6.45) is 6.38. The lowest BCUT2D eigenvalue weighted by Gasteiger charge is -2.08. The first-order chi connectivity index (χ1) is 16.1. The van der Waals surface area contributed by atoms with Gasteiger partial charge in [0.1, 0.15) is 10.9 Å². The van der Waals surface area contributed by atoms with Gasteiger partial charge in [0, 0.05) is 43.4 Å². The summed E-state index contributed by atoms with van der Waals surface area (Å²) < 4.78 is 2.19. The van der Waals surface area contributed by atoms with E-state index in [1.165, 1.54) is 10.4 Å². The minimum absolute atomic E-state index is 0.277. The molecule has 10 heteroatoms. The topological polar surface area (TPSA) is 107 Å². The highest BCUT2D eigenvalue weighted by atomic mass is 35.5. The van der Waals surface area contributed by atoms with Crippen molar-refractivity contribution in [2.75, 3.05) is 5.32 Å². The van der Waals surface area contributed by atoms with E-state index >= 15 is 0 Å². The molecule has 0 fully saturated rings. The maximum absolute atomic E-state index is 11.2. The molecule has 5 heterocycles. The first kappa shape index (κ1) is 19.7. The quantitative estimate of drug-likeness (QED) is 0.385. The monoisotopic (exact) mass is 458 g/mol. The minimum Gasteiger partial charge on any atom is -0.505 e. The van der Waals surface area contributed by atoms with Gasteiger partial charge in [0.25, 0.3) is 0 Å². The van der Waals surface area contributed by atoms with Crippen molar-refractivity contribution in [1.82, 2.24) is 34.5 Å². The molecule has 1 aromatic carbocycles. The normalized spacial score (nSPS) is 12.5. The molecule has 1 aliphatic rings. The maximum Gasteiger partial charge on any atom is 0.228 e. The first-order valence-electron chi connectivity index (χ1n) is 10.5. The molecular weight excluding hydrogens is 440 g/mol. The van der Waals surface area contributed by atoms with Gasteiger partial charge in [-0.2, -0.15) is 9.90 Å². The van der Waals surface area contributed by atoms with Crippen LogP contribution in [0.1, 0.15) is 16.8 Å². The number of nitrogens with one attached hydrogen (secondary N) is 1. The highest BCUT2D eigenvalue weighted by Gasteiger charge is 2.25. The first-order valence-corrected chi connectivity index (χ1v) is 10.9. The molecule has 9 nitrogen and oxygen atoms in total. The summed E-state index contributed by atoms with van der Waals surface area (Å²) in [7, 11) is 1.75. The van der Waals surface area contributed by atoms with E-state index in [9.17, 15) is 5.11 Å². The molecule has 0 aliphatic carbocycles. The second-order valence-electron chi connectivity index (χ2n) is 7.97. The Balaban J connectivity index is 1.40. The SMILES string of the molecule is Cn1ncc(Nc2nccc(-c3cc4c5c(c3)c(O)c(Cc3cccnc3Cl)n5CC4)n2)n1. The van der Waals surface area contributed by atoms with Crippen LogP contribution in [0.4, 0.5) is 11.8 Å². The van der Waals surface area contributed by atoms with Crippen molar-refractivity contribution in [2.24, 2.45) is 7.05 Å². The highest BCUT2D eigenvalue weighted by molar-refractivity contribution is 6.30. The van der Waals surface area contributed by atoms with E-state index in [2.05, 4.69) is 41.1 Å². The minimum atomic E-state index is 0.277. The van der Waals surface area contributed by atoms with E-state index in [1.54, 1.807) is 25.6 Å². The number of hydrogen-bond acceptors (Lipinski definition) is 7. The highest BCUT2D eigenvalue weighted by Crippen LogP contribution is 2.41. The second kappa shape index (κ2) is 7.56. The average Bonchev–Trinajstić information content (AvgIpc) is 3.50. The summed E-state index contributed by atoms with van der Waals surface area (Å²) in [4.78, 5) is 14.6. The Morgan fingerprint density at radius 2 is 2.09 bits per heavy atom. The molecule has 0 bridgehead atoms. The molecule has 164 valence electrons. The third-order valence-corrected chi connectivity index (χ3v) is 6.24. The van der Waals surface area contributed by atoms with Gasteiger partial charge in [0.05, 0.1) is 23.1 Å². The Labute approximate surface area is 193 Å². The van der Waals surface area contributed by atoms with E-state index in [-0.39, 0.29) is 5.75 Å². The Morgan fingerprint density at radius 3 is 2.91 bits per heavy atom. The summed E-state index contributed by atoms with van der Waals surface area (Å²) in [6, 6.07) is 9.78. The number of anilines is 2. The number of nitrogens with zero attached hydrogens (tertiary/aromatic N) is 7. The van der Waals surface area contributed by atoms with Crippen LogP contribution < -0.4 is 5.32 Å². The lowest BCUT2D eigenvalue weighted by molar-refractivity contribution is 0.470. The standard InChI is InChI=1S/C23H19ClN8O/c1-31-27-12-19(30-31)29-23-26-7-4-17(28-23)15-9-13-5-8-32-18(21(33)16(10-15)20(13)32)11-14-3-2-6-25-22(14)24/h2-4,6-7,9-10,12,33H,5,8,11H2,1H3,(H,26,28,29,30). The zero-order chi connectivity index (χ0) is 22.5. The fourth-order valence-corrected chi connectivity index (χ4v) is 4.62. The average molecular weight is 459 g/mol. The lowest BCUT2D eigenvalue weighted by Crippen LogP contribution is -2.01. The van der Waals surface area contributed by atoms with Crippen LogP contribution in [0.25, 0.3) is 22.2 Å². The van der Waals surface area contributed by atoms with Crippen molar-refractivity contribution < 1.29 is 5.11 Å². The number of aromatic hydroxyl groups is 1. The maximum atomic E-state index is 11.2. The Kier molecular flexibility index (Phi) is 4.51.